The van der Waals surface area contributed by atoms with Crippen LogP contribution in [0.5, 0.6) is 0 Å². The Labute approximate surface area is 154 Å². The van der Waals surface area contributed by atoms with E-state index in [2.05, 4.69) is 20.2 Å². The van der Waals surface area contributed by atoms with Crippen LogP contribution in [-0.2, 0) is 4.74 Å². The van der Waals surface area contributed by atoms with Gasteiger partial charge in [-0.1, -0.05) is 0 Å². The van der Waals surface area contributed by atoms with Gasteiger partial charge >= 0.3 is 6.09 Å². The normalized spacial score (nSPS) is 14.5. The van der Waals surface area contributed by atoms with E-state index >= 15 is 0 Å². The molecule has 1 aromatic heterocycles. The van der Waals surface area contributed by atoms with E-state index in [1.54, 1.807) is 24.1 Å². The molecule has 9 heteroatoms. The predicted octanol–water partition coefficient (Wildman–Crippen LogP) is 0.437. The number of piperazine rings is 1. The molecule has 1 aliphatic heterocycles. The van der Waals surface area contributed by atoms with Gasteiger partial charge in [-0.05, 0) is 40.1 Å². The number of nitrogens with one attached hydrogen (secondary N) is 1. The van der Waals surface area contributed by atoms with Gasteiger partial charge in [-0.25, -0.2) is 14.8 Å². The molecule has 1 N–H and O–H groups in total. The molecule has 2 rings (SSSR count). The highest BCUT2D eigenvalue weighted by atomic mass is 16.6. The molecule has 0 aliphatic carbocycles. The average Bonchev–Trinajstić information content (AvgIpc) is 2.65. The van der Waals surface area contributed by atoms with Gasteiger partial charge in [0.2, 0.25) is 5.95 Å². The summed E-state index contributed by atoms with van der Waals surface area (Å²) in [5.74, 6) is 0.312. The molecular weight excluding hydrogens is 336 g/mol. The monoisotopic (exact) mass is 364 g/mol. The third-order valence-corrected chi connectivity index (χ3v) is 4.03. The van der Waals surface area contributed by atoms with Gasteiger partial charge in [0.15, 0.2) is 0 Å². The van der Waals surface area contributed by atoms with Crippen LogP contribution in [0.25, 0.3) is 0 Å². The predicted molar refractivity (Wildman–Crippen MR) is 98.3 cm³/mol. The van der Waals surface area contributed by atoms with Crippen LogP contribution in [0.3, 0.4) is 0 Å². The molecule has 0 saturated carbocycles. The zero-order valence-corrected chi connectivity index (χ0v) is 15.8. The van der Waals surface area contributed by atoms with Crippen LogP contribution in [0, 0.1) is 0 Å². The van der Waals surface area contributed by atoms with Gasteiger partial charge in [-0.3, -0.25) is 4.79 Å². The molecule has 0 unspecified atom stereocenters. The lowest BCUT2D eigenvalue weighted by Gasteiger charge is -2.34. The number of carbonyl (C=O) groups is 2. The van der Waals surface area contributed by atoms with E-state index in [9.17, 15) is 9.59 Å². The Hall–Kier alpha value is -2.42. The lowest BCUT2D eigenvalue weighted by Crippen LogP contribution is -2.49. The number of carbonyl (C=O) groups excluding carboxylic acids is 2. The largest absolute Gasteiger partial charge is 0.450 e. The van der Waals surface area contributed by atoms with Crippen LogP contribution in [0.15, 0.2) is 12.3 Å². The van der Waals surface area contributed by atoms with Gasteiger partial charge in [-0.15, -0.1) is 0 Å². The van der Waals surface area contributed by atoms with E-state index < -0.39 is 0 Å². The topological polar surface area (TPSA) is 90.9 Å². The summed E-state index contributed by atoms with van der Waals surface area (Å²) in [5, 5.41) is 2.88. The molecule has 1 aliphatic rings. The second-order valence-corrected chi connectivity index (χ2v) is 6.33. The highest BCUT2D eigenvalue weighted by Gasteiger charge is 2.23. The summed E-state index contributed by atoms with van der Waals surface area (Å²) < 4.78 is 5.02. The van der Waals surface area contributed by atoms with Crippen molar-refractivity contribution in [1.82, 2.24) is 25.1 Å². The molecule has 2 heterocycles. The van der Waals surface area contributed by atoms with Crippen molar-refractivity contribution in [2.75, 3.05) is 64.9 Å². The molecule has 1 fully saturated rings. The van der Waals surface area contributed by atoms with Crippen molar-refractivity contribution in [3.05, 3.63) is 18.0 Å². The summed E-state index contributed by atoms with van der Waals surface area (Å²) in [5.41, 5.74) is 0.354. The van der Waals surface area contributed by atoms with Gasteiger partial charge < -0.3 is 24.8 Å². The Morgan fingerprint density at radius 1 is 1.27 bits per heavy atom. The Morgan fingerprint density at radius 2 is 2.00 bits per heavy atom. The number of aromatic nitrogens is 2. The van der Waals surface area contributed by atoms with Crippen LogP contribution in [0.2, 0.25) is 0 Å². The maximum atomic E-state index is 12.2. The van der Waals surface area contributed by atoms with E-state index in [4.69, 9.17) is 4.74 Å². The molecule has 9 nitrogen and oxygen atoms in total. The van der Waals surface area contributed by atoms with Crippen LogP contribution in [0.1, 0.15) is 23.8 Å². The number of hydrogen-bond donors (Lipinski definition) is 1. The zero-order chi connectivity index (χ0) is 18.9. The fourth-order valence-corrected chi connectivity index (χ4v) is 2.62. The van der Waals surface area contributed by atoms with E-state index in [1.165, 1.54) is 0 Å². The lowest BCUT2D eigenvalue weighted by molar-refractivity contribution is 0.0947. The Bertz CT molecular complexity index is 602. The Kier molecular flexibility index (Phi) is 7.58. The van der Waals surface area contributed by atoms with Gasteiger partial charge in [0.1, 0.15) is 5.69 Å². The first-order valence-corrected chi connectivity index (χ1v) is 8.94. The number of amides is 2. The first-order chi connectivity index (χ1) is 12.5. The van der Waals surface area contributed by atoms with Gasteiger partial charge in [0.25, 0.3) is 5.91 Å². The fraction of sp³-hybridized carbons (Fsp3) is 0.647. The first-order valence-electron chi connectivity index (χ1n) is 8.94. The minimum absolute atomic E-state index is 0.197. The van der Waals surface area contributed by atoms with E-state index in [0.29, 0.717) is 51.0 Å². The maximum Gasteiger partial charge on any atom is 0.409 e. The minimum Gasteiger partial charge on any atom is -0.450 e. The SMILES string of the molecule is CCOC(=O)N1CCN(c2nccc(C(=O)NCCCN(C)C)n2)CC1. The van der Waals surface area contributed by atoms with E-state index in [-0.39, 0.29) is 12.0 Å². The van der Waals surface area contributed by atoms with Crippen LogP contribution < -0.4 is 10.2 Å². The quantitative estimate of drug-likeness (QED) is 0.702. The van der Waals surface area contributed by atoms with E-state index in [1.807, 2.05) is 19.0 Å². The minimum atomic E-state index is -0.293. The molecule has 1 aromatic rings. The van der Waals surface area contributed by atoms with Gasteiger partial charge in [0, 0.05) is 38.9 Å². The number of rotatable bonds is 7. The van der Waals surface area contributed by atoms with Crippen LogP contribution >= 0.6 is 0 Å². The van der Waals surface area contributed by atoms with Crippen LogP contribution in [-0.4, -0.2) is 91.7 Å². The number of ether oxygens (including phenoxy) is 1. The van der Waals surface area contributed by atoms with Gasteiger partial charge in [-0.2, -0.15) is 0 Å². The number of hydrogen-bond acceptors (Lipinski definition) is 7. The third-order valence-electron chi connectivity index (χ3n) is 4.03. The highest BCUT2D eigenvalue weighted by Crippen LogP contribution is 2.12. The molecule has 144 valence electrons. The zero-order valence-electron chi connectivity index (χ0n) is 15.8. The first kappa shape index (κ1) is 19.9. The molecule has 0 aromatic carbocycles. The standard InChI is InChI=1S/C17H28N6O3/c1-4-26-17(25)23-12-10-22(11-13-23)16-19-8-6-14(20-16)15(24)18-7-5-9-21(2)3/h6,8H,4-5,7,9-13H2,1-3H3,(H,18,24). The van der Waals surface area contributed by atoms with Crippen molar-refractivity contribution in [2.24, 2.45) is 0 Å². The second kappa shape index (κ2) is 9.91. The average molecular weight is 364 g/mol. The summed E-state index contributed by atoms with van der Waals surface area (Å²) >= 11 is 0. The van der Waals surface area contributed by atoms with Gasteiger partial charge in [0.05, 0.1) is 6.61 Å². The molecule has 2 amide bonds. The molecule has 0 spiro atoms. The Balaban J connectivity index is 1.87. The Morgan fingerprint density at radius 3 is 2.65 bits per heavy atom. The molecule has 0 atom stereocenters. The van der Waals surface area contributed by atoms with Crippen molar-refractivity contribution in [3.8, 4) is 0 Å². The fourth-order valence-electron chi connectivity index (χ4n) is 2.62. The molecule has 26 heavy (non-hydrogen) atoms. The highest BCUT2D eigenvalue weighted by molar-refractivity contribution is 5.92. The van der Waals surface area contributed by atoms with Crippen molar-refractivity contribution in [1.29, 1.82) is 0 Å². The lowest BCUT2D eigenvalue weighted by atomic mass is 10.3. The van der Waals surface area contributed by atoms with E-state index in [0.717, 1.165) is 13.0 Å². The van der Waals surface area contributed by atoms with Crippen molar-refractivity contribution in [2.45, 2.75) is 13.3 Å². The van der Waals surface area contributed by atoms with Crippen molar-refractivity contribution >= 4 is 17.9 Å². The smallest absolute Gasteiger partial charge is 0.409 e. The second-order valence-electron chi connectivity index (χ2n) is 6.33. The summed E-state index contributed by atoms with van der Waals surface area (Å²) in [7, 11) is 4.00. The maximum absolute atomic E-state index is 12.2. The molecule has 1 saturated heterocycles. The van der Waals surface area contributed by atoms with Crippen molar-refractivity contribution < 1.29 is 14.3 Å². The van der Waals surface area contributed by atoms with Crippen molar-refractivity contribution in [3.63, 3.8) is 0 Å². The molecule has 0 radical (unpaired) electrons. The summed E-state index contributed by atoms with van der Waals surface area (Å²) in [6, 6.07) is 1.61. The number of nitrogens with zero attached hydrogens (tertiary/aromatic N) is 5. The summed E-state index contributed by atoms with van der Waals surface area (Å²) in [4.78, 5) is 38.3. The number of anilines is 1. The van der Waals surface area contributed by atoms with Crippen LogP contribution in [0.4, 0.5) is 10.7 Å². The summed E-state index contributed by atoms with van der Waals surface area (Å²) in [6.45, 7) is 5.98. The third kappa shape index (κ3) is 5.83. The molecule has 0 bridgehead atoms. The molecular formula is C17H28N6O3. The summed E-state index contributed by atoms with van der Waals surface area (Å²) in [6.07, 6.45) is 2.18.